The van der Waals surface area contributed by atoms with E-state index in [1.54, 1.807) is 12.1 Å². The van der Waals surface area contributed by atoms with Crippen molar-refractivity contribution in [2.45, 2.75) is 32.1 Å². The second-order valence-electron chi connectivity index (χ2n) is 8.08. The van der Waals surface area contributed by atoms with Crippen LogP contribution in [0, 0.1) is 0 Å². The minimum absolute atomic E-state index is 0.0345. The van der Waals surface area contributed by atoms with Crippen molar-refractivity contribution >= 4 is 23.2 Å². The third-order valence-electron chi connectivity index (χ3n) is 5.75. The van der Waals surface area contributed by atoms with Gasteiger partial charge < -0.3 is 16.0 Å². The molecule has 0 saturated carbocycles. The number of hydrogen-bond donors (Lipinski definition) is 3. The highest BCUT2D eigenvalue weighted by atomic mass is 35.5. The van der Waals surface area contributed by atoms with Crippen LogP contribution >= 0.6 is 11.6 Å². The van der Waals surface area contributed by atoms with Crippen molar-refractivity contribution < 1.29 is 18.0 Å². The predicted molar refractivity (Wildman–Crippen MR) is 126 cm³/mol. The first kappa shape index (κ1) is 24.0. The van der Waals surface area contributed by atoms with Crippen molar-refractivity contribution in [3.63, 3.8) is 0 Å². The Kier molecular flexibility index (Phi) is 7.38. The van der Waals surface area contributed by atoms with E-state index in [-0.39, 0.29) is 12.5 Å². The smallest absolute Gasteiger partial charge is 0.380 e. The van der Waals surface area contributed by atoms with Crippen LogP contribution in [0.4, 0.5) is 18.9 Å². The number of amides is 1. The first-order valence-corrected chi connectivity index (χ1v) is 11.3. The maximum absolute atomic E-state index is 12.6. The third kappa shape index (κ3) is 5.87. The van der Waals surface area contributed by atoms with Crippen molar-refractivity contribution in [2.75, 3.05) is 18.4 Å². The van der Waals surface area contributed by atoms with E-state index in [1.165, 1.54) is 17.2 Å². The summed E-state index contributed by atoms with van der Waals surface area (Å²) in [6.45, 7) is 2.45. The Bertz CT molecular complexity index is 1150. The summed E-state index contributed by atoms with van der Waals surface area (Å²) in [5.41, 5.74) is 4.45. The molecule has 3 aromatic rings. The number of rotatable bonds is 6. The van der Waals surface area contributed by atoms with Crippen molar-refractivity contribution in [1.29, 1.82) is 0 Å². The molecule has 34 heavy (non-hydrogen) atoms. The number of anilines is 1. The lowest BCUT2D eigenvalue weighted by Gasteiger charge is -2.16. The highest BCUT2D eigenvalue weighted by molar-refractivity contribution is 6.33. The molecule has 0 aliphatic carbocycles. The minimum atomic E-state index is -4.44. The number of fused-ring (bicyclic) bond motifs is 1. The van der Waals surface area contributed by atoms with Crippen LogP contribution in [-0.2, 0) is 32.1 Å². The quantitative estimate of drug-likeness (QED) is 0.457. The van der Waals surface area contributed by atoms with E-state index in [0.29, 0.717) is 22.8 Å². The molecular formula is C25H24ClF3N4O. The van der Waals surface area contributed by atoms with Crippen LogP contribution in [0.15, 0.2) is 54.7 Å². The standard InChI is InChI=1S/C25H24ClF3N4O/c26-22-8-5-17-9-11-30-12-10-21(17)23(22)32-13-16-1-3-18(4-2-16)24(34)33-15-20-7-6-19(14-31-20)25(27,28)29/h1-8,14,30,32H,9-13,15H2,(H,33,34). The van der Waals surface area contributed by atoms with E-state index in [4.69, 9.17) is 11.6 Å². The zero-order valence-corrected chi connectivity index (χ0v) is 19.1. The van der Waals surface area contributed by atoms with Crippen molar-refractivity contribution in [1.82, 2.24) is 15.6 Å². The van der Waals surface area contributed by atoms with E-state index in [9.17, 15) is 18.0 Å². The lowest BCUT2D eigenvalue weighted by molar-refractivity contribution is -0.137. The monoisotopic (exact) mass is 488 g/mol. The summed E-state index contributed by atoms with van der Waals surface area (Å²) in [5, 5.41) is 10.2. The Hall–Kier alpha value is -3.10. The number of alkyl halides is 3. The summed E-state index contributed by atoms with van der Waals surface area (Å²) in [6, 6.07) is 13.3. The molecule has 0 spiro atoms. The van der Waals surface area contributed by atoms with Gasteiger partial charge in [-0.2, -0.15) is 13.2 Å². The summed E-state index contributed by atoms with van der Waals surface area (Å²) in [6.07, 6.45) is -1.80. The zero-order valence-electron chi connectivity index (χ0n) is 18.3. The first-order chi connectivity index (χ1) is 16.3. The lowest BCUT2D eigenvalue weighted by atomic mass is 10.0. The molecule has 1 amide bonds. The second-order valence-corrected chi connectivity index (χ2v) is 8.49. The van der Waals surface area contributed by atoms with Crippen LogP contribution in [-0.4, -0.2) is 24.0 Å². The molecule has 2 heterocycles. The van der Waals surface area contributed by atoms with Gasteiger partial charge in [-0.1, -0.05) is 29.8 Å². The molecule has 0 bridgehead atoms. The Morgan fingerprint density at radius 2 is 1.76 bits per heavy atom. The largest absolute Gasteiger partial charge is 0.417 e. The van der Waals surface area contributed by atoms with Crippen LogP contribution in [0.1, 0.15) is 38.3 Å². The maximum Gasteiger partial charge on any atom is 0.417 e. The highest BCUT2D eigenvalue weighted by Crippen LogP contribution is 2.31. The van der Waals surface area contributed by atoms with Crippen molar-refractivity contribution in [3.05, 3.63) is 93.3 Å². The number of pyridine rings is 1. The van der Waals surface area contributed by atoms with E-state index in [1.807, 2.05) is 18.2 Å². The topological polar surface area (TPSA) is 66.0 Å². The molecule has 2 aromatic carbocycles. The molecule has 5 nitrogen and oxygen atoms in total. The number of carbonyl (C=O) groups is 1. The van der Waals surface area contributed by atoms with Crippen LogP contribution in [0.2, 0.25) is 5.02 Å². The van der Waals surface area contributed by atoms with Crippen molar-refractivity contribution in [3.8, 4) is 0 Å². The summed E-state index contributed by atoms with van der Waals surface area (Å²) in [5.74, 6) is -0.329. The number of aromatic nitrogens is 1. The summed E-state index contributed by atoms with van der Waals surface area (Å²) in [7, 11) is 0. The second kappa shape index (κ2) is 10.4. The number of hydrogen-bond acceptors (Lipinski definition) is 4. The molecular weight excluding hydrogens is 465 g/mol. The Morgan fingerprint density at radius 3 is 2.47 bits per heavy atom. The molecule has 0 atom stereocenters. The Balaban J connectivity index is 1.34. The van der Waals surface area contributed by atoms with Gasteiger partial charge in [0.2, 0.25) is 0 Å². The molecule has 0 saturated heterocycles. The molecule has 4 rings (SSSR count). The van der Waals surface area contributed by atoms with Gasteiger partial charge in [0.15, 0.2) is 0 Å². The number of carbonyl (C=O) groups excluding carboxylic acids is 1. The number of nitrogens with one attached hydrogen (secondary N) is 3. The number of nitrogens with zero attached hydrogens (tertiary/aromatic N) is 1. The molecule has 1 aromatic heterocycles. The summed E-state index contributed by atoms with van der Waals surface area (Å²) >= 11 is 6.47. The SMILES string of the molecule is O=C(NCc1ccc(C(F)(F)F)cn1)c1ccc(CNc2c(Cl)ccc3c2CCNCC3)cc1. The molecule has 178 valence electrons. The van der Waals surface area contributed by atoms with Crippen LogP contribution in [0.5, 0.6) is 0 Å². The average Bonchev–Trinajstić information content (AvgIpc) is 3.08. The molecule has 9 heteroatoms. The lowest BCUT2D eigenvalue weighted by Crippen LogP contribution is -2.23. The average molecular weight is 489 g/mol. The van der Waals surface area contributed by atoms with Gasteiger partial charge in [0.25, 0.3) is 5.91 Å². The van der Waals surface area contributed by atoms with Gasteiger partial charge in [-0.05, 0) is 73.0 Å². The third-order valence-corrected chi connectivity index (χ3v) is 6.06. The molecule has 1 aliphatic rings. The normalized spacial score (nSPS) is 13.6. The first-order valence-electron chi connectivity index (χ1n) is 11.0. The Morgan fingerprint density at radius 1 is 1.00 bits per heavy atom. The van der Waals surface area contributed by atoms with Crippen LogP contribution in [0.3, 0.4) is 0 Å². The van der Waals surface area contributed by atoms with Gasteiger partial charge in [0.1, 0.15) is 0 Å². The molecule has 0 fully saturated rings. The molecule has 0 unspecified atom stereocenters. The number of halogens is 4. The van der Waals surface area contributed by atoms with Crippen LogP contribution in [0.25, 0.3) is 0 Å². The van der Waals surface area contributed by atoms with Gasteiger partial charge >= 0.3 is 6.18 Å². The van der Waals surface area contributed by atoms with Crippen molar-refractivity contribution in [2.24, 2.45) is 0 Å². The zero-order chi connectivity index (χ0) is 24.1. The van der Waals surface area contributed by atoms with Crippen LogP contribution < -0.4 is 16.0 Å². The van der Waals surface area contributed by atoms with E-state index in [2.05, 4.69) is 27.0 Å². The predicted octanol–water partition coefficient (Wildman–Crippen LogP) is 4.98. The fourth-order valence-electron chi connectivity index (χ4n) is 3.87. The fourth-order valence-corrected chi connectivity index (χ4v) is 4.11. The van der Waals surface area contributed by atoms with Gasteiger partial charge in [-0.25, -0.2) is 0 Å². The molecule has 3 N–H and O–H groups in total. The van der Waals surface area contributed by atoms with E-state index < -0.39 is 11.7 Å². The van der Waals surface area contributed by atoms with E-state index >= 15 is 0 Å². The Labute approximate surface area is 200 Å². The van der Waals surface area contributed by atoms with Gasteiger partial charge in [0.05, 0.1) is 28.5 Å². The maximum atomic E-state index is 12.6. The molecule has 1 aliphatic heterocycles. The van der Waals surface area contributed by atoms with E-state index in [0.717, 1.165) is 49.4 Å². The summed E-state index contributed by atoms with van der Waals surface area (Å²) in [4.78, 5) is 16.2. The molecule has 0 radical (unpaired) electrons. The minimum Gasteiger partial charge on any atom is -0.380 e. The van der Waals surface area contributed by atoms with Gasteiger partial charge in [-0.3, -0.25) is 9.78 Å². The van der Waals surface area contributed by atoms with Gasteiger partial charge in [0, 0.05) is 18.3 Å². The summed E-state index contributed by atoms with van der Waals surface area (Å²) < 4.78 is 37.9. The van der Waals surface area contributed by atoms with Gasteiger partial charge in [-0.15, -0.1) is 0 Å². The highest BCUT2D eigenvalue weighted by Gasteiger charge is 2.30. The number of benzene rings is 2. The fraction of sp³-hybridized carbons (Fsp3) is 0.280.